The first-order valence-electron chi connectivity index (χ1n) is 6.76. The maximum atomic E-state index is 12.0. The lowest BCUT2D eigenvalue weighted by molar-refractivity contribution is -0.120. The molecule has 2 aromatic rings. The van der Waals surface area contributed by atoms with Crippen molar-refractivity contribution >= 4 is 23.9 Å². The van der Waals surface area contributed by atoms with E-state index >= 15 is 0 Å². The molecule has 0 aliphatic carbocycles. The number of thioether (sulfide) groups is 1. The van der Waals surface area contributed by atoms with E-state index in [1.54, 1.807) is 6.21 Å². The summed E-state index contributed by atoms with van der Waals surface area (Å²) in [5.74, 6) is -0.104. The van der Waals surface area contributed by atoms with Gasteiger partial charge in [0.05, 0.1) is 11.5 Å². The van der Waals surface area contributed by atoms with E-state index in [1.165, 1.54) is 17.3 Å². The number of nitrogens with zero attached hydrogens (tertiary/aromatic N) is 1. The summed E-state index contributed by atoms with van der Waals surface area (Å²) in [5, 5.41) is 3.81. The molecule has 21 heavy (non-hydrogen) atoms. The SMILES string of the molecule is Cc1cccc(/C=N\NC(=O)[C@H](C)Sc2ccccc2)c1. The fourth-order valence-corrected chi connectivity index (χ4v) is 2.65. The Labute approximate surface area is 129 Å². The lowest BCUT2D eigenvalue weighted by Crippen LogP contribution is -2.26. The lowest BCUT2D eigenvalue weighted by Gasteiger charge is -2.08. The van der Waals surface area contributed by atoms with Crippen LogP contribution in [0.4, 0.5) is 0 Å². The van der Waals surface area contributed by atoms with E-state index in [0.29, 0.717) is 0 Å². The number of hydrogen-bond acceptors (Lipinski definition) is 3. The van der Waals surface area contributed by atoms with Crippen LogP contribution in [-0.2, 0) is 4.79 Å². The van der Waals surface area contributed by atoms with Crippen LogP contribution in [0.2, 0.25) is 0 Å². The highest BCUT2D eigenvalue weighted by Gasteiger charge is 2.13. The molecule has 1 atom stereocenters. The van der Waals surface area contributed by atoms with Crippen LogP contribution in [0.5, 0.6) is 0 Å². The van der Waals surface area contributed by atoms with E-state index in [4.69, 9.17) is 0 Å². The van der Waals surface area contributed by atoms with Crippen molar-refractivity contribution in [3.8, 4) is 0 Å². The molecule has 108 valence electrons. The first-order chi connectivity index (χ1) is 10.1. The van der Waals surface area contributed by atoms with Gasteiger partial charge in [-0.25, -0.2) is 5.43 Å². The van der Waals surface area contributed by atoms with Crippen molar-refractivity contribution in [2.24, 2.45) is 5.10 Å². The molecule has 0 saturated heterocycles. The van der Waals surface area contributed by atoms with Crippen LogP contribution in [0.3, 0.4) is 0 Å². The number of amides is 1. The van der Waals surface area contributed by atoms with Crippen molar-refractivity contribution in [1.29, 1.82) is 0 Å². The van der Waals surface area contributed by atoms with Gasteiger partial charge in [-0.1, -0.05) is 48.0 Å². The Morgan fingerprint density at radius 2 is 1.95 bits per heavy atom. The van der Waals surface area contributed by atoms with Crippen LogP contribution in [0.1, 0.15) is 18.1 Å². The van der Waals surface area contributed by atoms with Gasteiger partial charge in [0, 0.05) is 4.90 Å². The van der Waals surface area contributed by atoms with E-state index in [9.17, 15) is 4.79 Å². The van der Waals surface area contributed by atoms with Crippen LogP contribution >= 0.6 is 11.8 Å². The largest absolute Gasteiger partial charge is 0.272 e. The van der Waals surface area contributed by atoms with Crippen molar-refractivity contribution in [3.63, 3.8) is 0 Å². The molecule has 0 radical (unpaired) electrons. The minimum absolute atomic E-state index is 0.104. The Balaban J connectivity index is 1.86. The third kappa shape index (κ3) is 5.08. The van der Waals surface area contributed by atoms with Gasteiger partial charge in [0.1, 0.15) is 0 Å². The monoisotopic (exact) mass is 298 g/mol. The Bertz CT molecular complexity index is 626. The number of hydrogen-bond donors (Lipinski definition) is 1. The molecule has 1 amide bonds. The van der Waals surface area contributed by atoms with Gasteiger partial charge in [-0.3, -0.25) is 4.79 Å². The zero-order chi connectivity index (χ0) is 15.1. The molecule has 0 spiro atoms. The first-order valence-corrected chi connectivity index (χ1v) is 7.64. The predicted molar refractivity (Wildman–Crippen MR) is 88.7 cm³/mol. The van der Waals surface area contributed by atoms with E-state index in [0.717, 1.165) is 10.5 Å². The summed E-state index contributed by atoms with van der Waals surface area (Å²) in [7, 11) is 0. The standard InChI is InChI=1S/C17H18N2OS/c1-13-7-6-8-15(11-13)12-18-19-17(20)14(2)21-16-9-4-3-5-10-16/h3-12,14H,1-2H3,(H,19,20)/b18-12-/t14-/m0/s1. The first kappa shape index (κ1) is 15.3. The maximum absolute atomic E-state index is 12.0. The van der Waals surface area contributed by atoms with E-state index in [2.05, 4.69) is 10.5 Å². The van der Waals surface area contributed by atoms with Crippen molar-refractivity contribution in [2.75, 3.05) is 0 Å². The molecule has 0 aliphatic rings. The number of nitrogens with one attached hydrogen (secondary N) is 1. The molecule has 0 bridgehead atoms. The summed E-state index contributed by atoms with van der Waals surface area (Å²) >= 11 is 1.51. The minimum atomic E-state index is -0.193. The number of rotatable bonds is 5. The summed E-state index contributed by atoms with van der Waals surface area (Å²) in [4.78, 5) is 13.0. The Kier molecular flexibility index (Phi) is 5.58. The van der Waals surface area contributed by atoms with Gasteiger partial charge >= 0.3 is 0 Å². The van der Waals surface area contributed by atoms with Gasteiger partial charge in [0.2, 0.25) is 0 Å². The van der Waals surface area contributed by atoms with Crippen LogP contribution in [0.25, 0.3) is 0 Å². The fourth-order valence-electron chi connectivity index (χ4n) is 1.77. The van der Waals surface area contributed by atoms with Crippen LogP contribution in [-0.4, -0.2) is 17.4 Å². The van der Waals surface area contributed by atoms with E-state index in [1.807, 2.05) is 68.4 Å². The molecule has 0 saturated carbocycles. The molecular weight excluding hydrogens is 280 g/mol. The van der Waals surface area contributed by atoms with Crippen molar-refractivity contribution < 1.29 is 4.79 Å². The second-order valence-corrected chi connectivity index (χ2v) is 6.14. The zero-order valence-electron chi connectivity index (χ0n) is 12.1. The third-order valence-corrected chi connectivity index (χ3v) is 3.97. The highest BCUT2D eigenvalue weighted by molar-refractivity contribution is 8.00. The quantitative estimate of drug-likeness (QED) is 0.520. The summed E-state index contributed by atoms with van der Waals surface area (Å²) in [6.45, 7) is 3.89. The Hall–Kier alpha value is -2.07. The van der Waals surface area contributed by atoms with Gasteiger partial charge in [-0.2, -0.15) is 5.10 Å². The van der Waals surface area contributed by atoms with Crippen molar-refractivity contribution in [2.45, 2.75) is 24.0 Å². The van der Waals surface area contributed by atoms with Crippen LogP contribution in [0, 0.1) is 6.92 Å². The molecule has 2 rings (SSSR count). The molecular formula is C17H18N2OS. The summed E-state index contributed by atoms with van der Waals surface area (Å²) < 4.78 is 0. The Morgan fingerprint density at radius 3 is 2.67 bits per heavy atom. The number of carbonyl (C=O) groups excluding carboxylic acids is 1. The number of aryl methyl sites for hydroxylation is 1. The highest BCUT2D eigenvalue weighted by atomic mass is 32.2. The fraction of sp³-hybridized carbons (Fsp3) is 0.176. The maximum Gasteiger partial charge on any atom is 0.253 e. The average molecular weight is 298 g/mol. The average Bonchev–Trinajstić information content (AvgIpc) is 2.48. The highest BCUT2D eigenvalue weighted by Crippen LogP contribution is 2.22. The molecule has 2 aromatic carbocycles. The van der Waals surface area contributed by atoms with Gasteiger partial charge in [-0.15, -0.1) is 11.8 Å². The number of hydrazone groups is 1. The molecule has 4 heteroatoms. The predicted octanol–water partition coefficient (Wildman–Crippen LogP) is 3.63. The minimum Gasteiger partial charge on any atom is -0.272 e. The third-order valence-electron chi connectivity index (χ3n) is 2.86. The second-order valence-electron chi connectivity index (χ2n) is 4.72. The lowest BCUT2D eigenvalue weighted by atomic mass is 10.2. The molecule has 0 aliphatic heterocycles. The number of carbonyl (C=O) groups is 1. The summed E-state index contributed by atoms with van der Waals surface area (Å²) in [6.07, 6.45) is 1.66. The van der Waals surface area contributed by atoms with Gasteiger partial charge < -0.3 is 0 Å². The summed E-state index contributed by atoms with van der Waals surface area (Å²) in [6, 6.07) is 17.8. The normalized spacial score (nSPS) is 12.3. The van der Waals surface area contributed by atoms with E-state index in [-0.39, 0.29) is 11.2 Å². The van der Waals surface area contributed by atoms with Gasteiger partial charge in [0.25, 0.3) is 5.91 Å². The van der Waals surface area contributed by atoms with E-state index < -0.39 is 0 Å². The van der Waals surface area contributed by atoms with Crippen LogP contribution in [0.15, 0.2) is 64.6 Å². The van der Waals surface area contributed by atoms with Crippen molar-refractivity contribution in [1.82, 2.24) is 5.43 Å². The van der Waals surface area contributed by atoms with Crippen molar-refractivity contribution in [3.05, 3.63) is 65.7 Å². The second kappa shape index (κ2) is 7.64. The molecule has 0 heterocycles. The summed E-state index contributed by atoms with van der Waals surface area (Å²) in [5.41, 5.74) is 4.72. The van der Waals surface area contributed by atoms with Gasteiger partial charge in [-0.05, 0) is 31.5 Å². The Morgan fingerprint density at radius 1 is 1.19 bits per heavy atom. The molecule has 0 unspecified atom stereocenters. The van der Waals surface area contributed by atoms with Crippen LogP contribution < -0.4 is 5.43 Å². The van der Waals surface area contributed by atoms with Gasteiger partial charge in [0.15, 0.2) is 0 Å². The molecule has 0 aromatic heterocycles. The molecule has 0 fully saturated rings. The molecule has 1 N–H and O–H groups in total. The topological polar surface area (TPSA) is 41.5 Å². The number of benzene rings is 2. The molecule has 3 nitrogen and oxygen atoms in total. The zero-order valence-corrected chi connectivity index (χ0v) is 12.9. The smallest absolute Gasteiger partial charge is 0.253 e.